The Labute approximate surface area is 53.5 Å². The van der Waals surface area contributed by atoms with Crippen LogP contribution in [-0.4, -0.2) is 23.4 Å². The lowest BCUT2D eigenvalue weighted by Gasteiger charge is -2.05. The molecule has 1 atom stereocenters. The van der Waals surface area contributed by atoms with Gasteiger partial charge in [0.15, 0.2) is 0 Å². The first-order chi connectivity index (χ1) is 4.33. The molecule has 2 nitrogen and oxygen atoms in total. The van der Waals surface area contributed by atoms with E-state index in [-0.39, 0.29) is 0 Å². The van der Waals surface area contributed by atoms with Crippen LogP contribution in [0.1, 0.15) is 6.42 Å². The summed E-state index contributed by atoms with van der Waals surface area (Å²) < 4.78 is 45.2. The molecule has 0 aliphatic heterocycles. The van der Waals surface area contributed by atoms with Crippen LogP contribution in [0.2, 0.25) is 0 Å². The molecule has 0 aromatic rings. The second-order valence-corrected chi connectivity index (χ2v) is 1.63. The lowest BCUT2D eigenvalue weighted by molar-refractivity contribution is -0.165. The Balaban J connectivity index is 3.80. The van der Waals surface area contributed by atoms with Crippen molar-refractivity contribution in [3.8, 4) is 0 Å². The van der Waals surface area contributed by atoms with Crippen LogP contribution >= 0.6 is 0 Å². The van der Waals surface area contributed by atoms with Gasteiger partial charge in [0.25, 0.3) is 0 Å². The Morgan fingerprint density at radius 3 is 2.00 bits per heavy atom. The minimum Gasteiger partial charge on any atom is -0.479 e. The highest BCUT2D eigenvalue weighted by Crippen LogP contribution is 2.22. The number of alkyl halides is 4. The first-order valence-corrected chi connectivity index (χ1v) is 2.26. The van der Waals surface area contributed by atoms with E-state index in [9.17, 15) is 22.4 Å². The van der Waals surface area contributed by atoms with Gasteiger partial charge in [0, 0.05) is 0 Å². The van der Waals surface area contributed by atoms with Crippen molar-refractivity contribution >= 4 is 5.97 Å². The van der Waals surface area contributed by atoms with Crippen LogP contribution in [0.25, 0.3) is 0 Å². The van der Waals surface area contributed by atoms with Gasteiger partial charge in [-0.1, -0.05) is 0 Å². The average Bonchev–Trinajstić information content (AvgIpc) is 1.60. The summed E-state index contributed by atoms with van der Waals surface area (Å²) in [6, 6.07) is 0. The number of aliphatic carboxylic acids is 1. The maximum absolute atomic E-state index is 11.7. The lowest BCUT2D eigenvalue weighted by Crippen LogP contribution is -2.23. The van der Waals surface area contributed by atoms with Gasteiger partial charge in [-0.25, -0.2) is 9.18 Å². The van der Waals surface area contributed by atoms with E-state index >= 15 is 0 Å². The molecule has 0 aliphatic carbocycles. The van der Waals surface area contributed by atoms with Crippen LogP contribution in [0.3, 0.4) is 0 Å². The average molecular weight is 160 g/mol. The van der Waals surface area contributed by atoms with Gasteiger partial charge in [0.1, 0.15) is 0 Å². The van der Waals surface area contributed by atoms with E-state index in [0.29, 0.717) is 0 Å². The number of carboxylic acid groups (broad SMARTS) is 1. The van der Waals surface area contributed by atoms with Crippen molar-refractivity contribution < 1.29 is 27.5 Å². The lowest BCUT2D eigenvalue weighted by atomic mass is 10.3. The first-order valence-electron chi connectivity index (χ1n) is 2.26. The summed E-state index contributed by atoms with van der Waals surface area (Å²) in [6.45, 7) is 0. The molecule has 60 valence electrons. The van der Waals surface area contributed by atoms with Crippen molar-refractivity contribution in [2.45, 2.75) is 18.8 Å². The second-order valence-electron chi connectivity index (χ2n) is 1.63. The van der Waals surface area contributed by atoms with Crippen molar-refractivity contribution in [3.63, 3.8) is 0 Å². The van der Waals surface area contributed by atoms with E-state index in [0.717, 1.165) is 0 Å². The molecule has 6 heteroatoms. The largest absolute Gasteiger partial charge is 0.479 e. The van der Waals surface area contributed by atoms with E-state index in [1.807, 2.05) is 0 Å². The third-order valence-corrected chi connectivity index (χ3v) is 0.679. The fourth-order valence-electron chi connectivity index (χ4n) is 0.291. The van der Waals surface area contributed by atoms with E-state index in [1.54, 1.807) is 0 Å². The van der Waals surface area contributed by atoms with Crippen LogP contribution in [0.5, 0.6) is 0 Å². The van der Waals surface area contributed by atoms with Crippen LogP contribution in [-0.2, 0) is 4.79 Å². The van der Waals surface area contributed by atoms with Crippen molar-refractivity contribution in [1.82, 2.24) is 0 Å². The molecule has 0 radical (unpaired) electrons. The van der Waals surface area contributed by atoms with Crippen molar-refractivity contribution in [1.29, 1.82) is 0 Å². The number of hydrogen-bond acceptors (Lipinski definition) is 1. The topological polar surface area (TPSA) is 37.3 Å². The number of carboxylic acids is 1. The smallest absolute Gasteiger partial charge is 0.392 e. The minimum absolute atomic E-state index is 1.93. The first kappa shape index (κ1) is 9.19. The number of halogens is 4. The van der Waals surface area contributed by atoms with Crippen molar-refractivity contribution in [2.24, 2.45) is 0 Å². The molecule has 0 saturated carbocycles. The van der Waals surface area contributed by atoms with Gasteiger partial charge >= 0.3 is 12.1 Å². The Bertz CT molecular complexity index is 130. The van der Waals surface area contributed by atoms with Crippen molar-refractivity contribution in [2.75, 3.05) is 0 Å². The summed E-state index contributed by atoms with van der Waals surface area (Å²) >= 11 is 0. The molecule has 10 heavy (non-hydrogen) atoms. The van der Waals surface area contributed by atoms with Crippen LogP contribution in [0.15, 0.2) is 0 Å². The third kappa shape index (κ3) is 4.11. The molecule has 0 amide bonds. The van der Waals surface area contributed by atoms with E-state index in [4.69, 9.17) is 5.11 Å². The van der Waals surface area contributed by atoms with Crippen LogP contribution < -0.4 is 0 Å². The Kier molecular flexibility index (Phi) is 2.62. The molecule has 0 saturated heterocycles. The molecule has 0 spiro atoms. The summed E-state index contributed by atoms with van der Waals surface area (Å²) in [5.41, 5.74) is 0. The van der Waals surface area contributed by atoms with Gasteiger partial charge in [0.2, 0.25) is 6.17 Å². The predicted molar refractivity (Wildman–Crippen MR) is 23.2 cm³/mol. The minimum atomic E-state index is -4.75. The van der Waals surface area contributed by atoms with Crippen LogP contribution in [0, 0.1) is 0 Å². The summed E-state index contributed by atoms with van der Waals surface area (Å²) in [4.78, 5) is 9.50. The monoisotopic (exact) mass is 160 g/mol. The maximum atomic E-state index is 11.7. The predicted octanol–water partition coefficient (Wildman–Crippen LogP) is 1.36. The second kappa shape index (κ2) is 2.85. The zero-order valence-corrected chi connectivity index (χ0v) is 4.65. The van der Waals surface area contributed by atoms with E-state index < -0.39 is 24.7 Å². The summed E-state index contributed by atoms with van der Waals surface area (Å²) in [5.74, 6) is -2.09. The Morgan fingerprint density at radius 1 is 1.50 bits per heavy atom. The fourth-order valence-corrected chi connectivity index (χ4v) is 0.291. The molecule has 0 heterocycles. The van der Waals surface area contributed by atoms with Crippen LogP contribution in [0.4, 0.5) is 17.6 Å². The molecule has 0 aromatic carbocycles. The SMILES string of the molecule is O=C(O)C(F)CC(F)(F)F. The number of rotatable bonds is 2. The summed E-state index contributed by atoms with van der Waals surface area (Å²) in [7, 11) is 0. The van der Waals surface area contributed by atoms with Gasteiger partial charge in [-0.2, -0.15) is 13.2 Å². The van der Waals surface area contributed by atoms with Gasteiger partial charge in [-0.15, -0.1) is 0 Å². The summed E-state index contributed by atoms with van der Waals surface area (Å²) in [6.07, 6.45) is -9.53. The quantitative estimate of drug-likeness (QED) is 0.619. The zero-order valence-electron chi connectivity index (χ0n) is 4.65. The number of carbonyl (C=O) groups is 1. The highest BCUT2D eigenvalue weighted by atomic mass is 19.4. The highest BCUT2D eigenvalue weighted by molar-refractivity contribution is 5.72. The molecule has 1 unspecified atom stereocenters. The molecule has 0 rings (SSSR count). The Morgan fingerprint density at radius 2 is 1.90 bits per heavy atom. The van der Waals surface area contributed by atoms with Gasteiger partial charge < -0.3 is 5.11 Å². The molecule has 0 bridgehead atoms. The molecular formula is C4H4F4O2. The molecular weight excluding hydrogens is 156 g/mol. The molecule has 0 aromatic heterocycles. The summed E-state index contributed by atoms with van der Waals surface area (Å²) in [5, 5.41) is 7.67. The maximum Gasteiger partial charge on any atom is 0.392 e. The van der Waals surface area contributed by atoms with Gasteiger partial charge in [0.05, 0.1) is 6.42 Å². The Hall–Kier alpha value is -0.810. The fraction of sp³-hybridized carbons (Fsp3) is 0.750. The zero-order chi connectivity index (χ0) is 8.36. The molecule has 1 N–H and O–H groups in total. The molecule has 0 fully saturated rings. The standard InChI is InChI=1S/C4H4F4O2/c5-2(3(9)10)1-4(6,7)8/h2H,1H2,(H,9,10). The van der Waals surface area contributed by atoms with E-state index in [2.05, 4.69) is 0 Å². The van der Waals surface area contributed by atoms with Gasteiger partial charge in [-0.3, -0.25) is 0 Å². The normalized spacial score (nSPS) is 14.8. The highest BCUT2D eigenvalue weighted by Gasteiger charge is 2.35. The van der Waals surface area contributed by atoms with Gasteiger partial charge in [-0.05, 0) is 0 Å². The van der Waals surface area contributed by atoms with E-state index in [1.165, 1.54) is 0 Å². The number of hydrogen-bond donors (Lipinski definition) is 1. The molecule has 0 aliphatic rings. The third-order valence-electron chi connectivity index (χ3n) is 0.679. The van der Waals surface area contributed by atoms with Crippen molar-refractivity contribution in [3.05, 3.63) is 0 Å².